The summed E-state index contributed by atoms with van der Waals surface area (Å²) in [5, 5.41) is 6.20. The smallest absolute Gasteiger partial charge is 0.211 e. The average molecular weight is 267 g/mol. The van der Waals surface area contributed by atoms with Crippen LogP contribution in [0.2, 0.25) is 0 Å². The van der Waals surface area contributed by atoms with Gasteiger partial charge < -0.3 is 10.6 Å². The molecule has 1 aromatic heterocycles. The fourth-order valence-corrected chi connectivity index (χ4v) is 2.44. The van der Waals surface area contributed by atoms with E-state index in [1.165, 1.54) is 17.5 Å². The van der Waals surface area contributed by atoms with Crippen molar-refractivity contribution in [1.29, 1.82) is 0 Å². The molecule has 0 spiro atoms. The SMILES string of the molecule is O=CNc1ccc(C2CC2NCc2cccnc2)cc1. The molecule has 20 heavy (non-hydrogen) atoms. The predicted molar refractivity (Wildman–Crippen MR) is 78.4 cm³/mol. The van der Waals surface area contributed by atoms with Gasteiger partial charge in [0.15, 0.2) is 0 Å². The van der Waals surface area contributed by atoms with E-state index in [1.807, 2.05) is 24.4 Å². The van der Waals surface area contributed by atoms with Crippen molar-refractivity contribution >= 4 is 12.1 Å². The molecule has 1 amide bonds. The van der Waals surface area contributed by atoms with Crippen LogP contribution in [0.25, 0.3) is 0 Å². The number of amides is 1. The van der Waals surface area contributed by atoms with Crippen LogP contribution < -0.4 is 10.6 Å². The van der Waals surface area contributed by atoms with Crippen molar-refractivity contribution in [2.45, 2.75) is 24.9 Å². The number of benzene rings is 1. The van der Waals surface area contributed by atoms with E-state index in [9.17, 15) is 4.79 Å². The Kier molecular flexibility index (Phi) is 3.74. The van der Waals surface area contributed by atoms with E-state index < -0.39 is 0 Å². The number of pyridine rings is 1. The van der Waals surface area contributed by atoms with Gasteiger partial charge in [0.25, 0.3) is 0 Å². The van der Waals surface area contributed by atoms with Gasteiger partial charge in [-0.25, -0.2) is 0 Å². The highest BCUT2D eigenvalue weighted by Gasteiger charge is 2.37. The van der Waals surface area contributed by atoms with Crippen molar-refractivity contribution in [3.05, 3.63) is 59.9 Å². The molecule has 1 fully saturated rings. The van der Waals surface area contributed by atoms with Gasteiger partial charge in [-0.1, -0.05) is 18.2 Å². The van der Waals surface area contributed by atoms with E-state index in [1.54, 1.807) is 6.20 Å². The molecule has 0 bridgehead atoms. The van der Waals surface area contributed by atoms with Crippen LogP contribution >= 0.6 is 0 Å². The molecule has 0 aliphatic heterocycles. The molecule has 1 saturated carbocycles. The van der Waals surface area contributed by atoms with Crippen LogP contribution in [0.3, 0.4) is 0 Å². The zero-order valence-electron chi connectivity index (χ0n) is 11.1. The Balaban J connectivity index is 1.52. The lowest BCUT2D eigenvalue weighted by Gasteiger charge is -2.05. The van der Waals surface area contributed by atoms with E-state index >= 15 is 0 Å². The Hall–Kier alpha value is -2.20. The lowest BCUT2D eigenvalue weighted by atomic mass is 10.1. The van der Waals surface area contributed by atoms with Crippen molar-refractivity contribution in [3.63, 3.8) is 0 Å². The van der Waals surface area contributed by atoms with Crippen molar-refractivity contribution < 1.29 is 4.79 Å². The molecule has 102 valence electrons. The molecule has 1 aliphatic carbocycles. The first kappa shape index (κ1) is 12.8. The lowest BCUT2D eigenvalue weighted by molar-refractivity contribution is -0.105. The van der Waals surface area contributed by atoms with Crippen LogP contribution in [0.4, 0.5) is 5.69 Å². The number of hydrogen-bond donors (Lipinski definition) is 2. The summed E-state index contributed by atoms with van der Waals surface area (Å²) in [7, 11) is 0. The van der Waals surface area contributed by atoms with Crippen LogP contribution in [0.5, 0.6) is 0 Å². The van der Waals surface area contributed by atoms with E-state index in [0.717, 1.165) is 12.2 Å². The fraction of sp³-hybridized carbons (Fsp3) is 0.250. The van der Waals surface area contributed by atoms with Crippen molar-refractivity contribution in [1.82, 2.24) is 10.3 Å². The highest BCUT2D eigenvalue weighted by atomic mass is 16.1. The average Bonchev–Trinajstić information content (AvgIpc) is 3.27. The van der Waals surface area contributed by atoms with E-state index in [0.29, 0.717) is 18.4 Å². The van der Waals surface area contributed by atoms with Crippen LogP contribution in [0.15, 0.2) is 48.8 Å². The number of carbonyl (C=O) groups is 1. The van der Waals surface area contributed by atoms with Gasteiger partial charge in [-0.3, -0.25) is 9.78 Å². The van der Waals surface area contributed by atoms with Gasteiger partial charge in [-0.15, -0.1) is 0 Å². The monoisotopic (exact) mass is 267 g/mol. The summed E-state index contributed by atoms with van der Waals surface area (Å²) in [5.74, 6) is 0.581. The van der Waals surface area contributed by atoms with Crippen molar-refractivity contribution in [2.24, 2.45) is 0 Å². The van der Waals surface area contributed by atoms with Crippen molar-refractivity contribution in [2.75, 3.05) is 5.32 Å². The predicted octanol–water partition coefficient (Wildman–Crippen LogP) is 2.30. The Morgan fingerprint density at radius 1 is 1.25 bits per heavy atom. The number of hydrogen-bond acceptors (Lipinski definition) is 3. The third kappa shape index (κ3) is 3.03. The highest BCUT2D eigenvalue weighted by Crippen LogP contribution is 2.41. The first-order valence-corrected chi connectivity index (χ1v) is 6.79. The number of rotatable bonds is 6. The third-order valence-electron chi connectivity index (χ3n) is 3.65. The van der Waals surface area contributed by atoms with Crippen LogP contribution in [0, 0.1) is 0 Å². The molecule has 2 atom stereocenters. The molecule has 2 unspecified atom stereocenters. The minimum atomic E-state index is 0.542. The number of nitrogens with one attached hydrogen (secondary N) is 2. The Bertz CT molecular complexity index is 568. The minimum absolute atomic E-state index is 0.542. The minimum Gasteiger partial charge on any atom is -0.329 e. The molecule has 1 aliphatic rings. The topological polar surface area (TPSA) is 54.0 Å². The summed E-state index contributed by atoms with van der Waals surface area (Å²) in [5.41, 5.74) is 3.37. The first-order chi connectivity index (χ1) is 9.86. The Morgan fingerprint density at radius 2 is 2.10 bits per heavy atom. The normalized spacial score (nSPS) is 20.4. The maximum absolute atomic E-state index is 10.4. The molecular formula is C16H17N3O. The maximum atomic E-state index is 10.4. The quantitative estimate of drug-likeness (QED) is 0.790. The van der Waals surface area contributed by atoms with E-state index in [4.69, 9.17) is 0 Å². The number of aromatic nitrogens is 1. The van der Waals surface area contributed by atoms with E-state index in [2.05, 4.69) is 33.8 Å². The molecule has 2 aromatic rings. The second kappa shape index (κ2) is 5.84. The first-order valence-electron chi connectivity index (χ1n) is 6.79. The molecule has 1 aromatic carbocycles. The number of anilines is 1. The van der Waals surface area contributed by atoms with Gasteiger partial charge in [0.05, 0.1) is 0 Å². The van der Waals surface area contributed by atoms with E-state index in [-0.39, 0.29) is 0 Å². The third-order valence-corrected chi connectivity index (χ3v) is 3.65. The molecule has 4 nitrogen and oxygen atoms in total. The number of nitrogens with zero attached hydrogens (tertiary/aromatic N) is 1. The molecule has 4 heteroatoms. The molecule has 1 heterocycles. The van der Waals surface area contributed by atoms with Gasteiger partial charge in [0, 0.05) is 36.6 Å². The van der Waals surface area contributed by atoms with Gasteiger partial charge in [0.2, 0.25) is 6.41 Å². The summed E-state index contributed by atoms with van der Waals surface area (Å²) in [6.45, 7) is 0.861. The summed E-state index contributed by atoms with van der Waals surface area (Å²) in [6, 6.07) is 12.6. The van der Waals surface area contributed by atoms with Gasteiger partial charge in [-0.2, -0.15) is 0 Å². The largest absolute Gasteiger partial charge is 0.329 e. The highest BCUT2D eigenvalue weighted by molar-refractivity contribution is 5.71. The molecular weight excluding hydrogens is 250 g/mol. The molecule has 0 radical (unpaired) electrons. The van der Waals surface area contributed by atoms with Gasteiger partial charge in [-0.05, 0) is 35.7 Å². The van der Waals surface area contributed by atoms with Crippen LogP contribution in [0.1, 0.15) is 23.5 Å². The fourth-order valence-electron chi connectivity index (χ4n) is 2.44. The lowest BCUT2D eigenvalue weighted by Crippen LogP contribution is -2.17. The number of carbonyl (C=O) groups excluding carboxylic acids is 1. The zero-order chi connectivity index (χ0) is 13.8. The Morgan fingerprint density at radius 3 is 2.80 bits per heavy atom. The van der Waals surface area contributed by atoms with Gasteiger partial charge in [0.1, 0.15) is 0 Å². The summed E-state index contributed by atoms with van der Waals surface area (Å²) >= 11 is 0. The standard InChI is InChI=1S/C16H17N3O/c20-11-19-14-5-3-13(4-6-14)15-8-16(15)18-10-12-2-1-7-17-9-12/h1-7,9,11,15-16,18H,8,10H2,(H,19,20). The van der Waals surface area contributed by atoms with Crippen molar-refractivity contribution in [3.8, 4) is 0 Å². The second-order valence-corrected chi connectivity index (χ2v) is 5.08. The summed E-state index contributed by atoms with van der Waals surface area (Å²) in [6.07, 6.45) is 5.55. The molecule has 3 rings (SSSR count). The Labute approximate surface area is 118 Å². The summed E-state index contributed by atoms with van der Waals surface area (Å²) in [4.78, 5) is 14.5. The molecule has 2 N–H and O–H groups in total. The second-order valence-electron chi connectivity index (χ2n) is 5.08. The molecule has 0 saturated heterocycles. The van der Waals surface area contributed by atoms with Crippen LogP contribution in [-0.4, -0.2) is 17.4 Å². The summed E-state index contributed by atoms with van der Waals surface area (Å²) < 4.78 is 0. The maximum Gasteiger partial charge on any atom is 0.211 e. The van der Waals surface area contributed by atoms with Crippen LogP contribution in [-0.2, 0) is 11.3 Å². The zero-order valence-corrected chi connectivity index (χ0v) is 11.1. The van der Waals surface area contributed by atoms with Gasteiger partial charge >= 0.3 is 0 Å².